The number of carboxylic acids is 1. The molecule has 29 heavy (non-hydrogen) atoms. The Labute approximate surface area is 167 Å². The smallest absolute Gasteiger partial charge is 0.475 e. The monoisotopic (exact) mass is 410 g/mol. The third-order valence-electron chi connectivity index (χ3n) is 5.19. The topological polar surface area (TPSA) is 83.6 Å². The largest absolute Gasteiger partial charge is 0.490 e. The van der Waals surface area contributed by atoms with Crippen molar-refractivity contribution in [2.24, 2.45) is 11.7 Å². The fraction of sp³-hybridized carbons (Fsp3) is 0.429. The number of carboxylic acid groups (broad SMARTS) is 1. The lowest BCUT2D eigenvalue weighted by Gasteiger charge is -2.34. The number of fused-ring (bicyclic) bond motifs is 1. The van der Waals surface area contributed by atoms with Crippen LogP contribution in [-0.2, 0) is 4.79 Å². The van der Waals surface area contributed by atoms with E-state index in [0.717, 1.165) is 36.9 Å². The van der Waals surface area contributed by atoms with E-state index >= 15 is 0 Å². The molecule has 0 spiro atoms. The zero-order chi connectivity index (χ0) is 21.8. The third kappa shape index (κ3) is 5.69. The molecule has 0 bridgehead atoms. The molecule has 8 heteroatoms. The first-order valence-corrected chi connectivity index (χ1v) is 9.35. The second-order valence-corrected chi connectivity index (χ2v) is 7.27. The van der Waals surface area contributed by atoms with Gasteiger partial charge in [0.15, 0.2) is 0 Å². The van der Waals surface area contributed by atoms with Gasteiger partial charge in [0.25, 0.3) is 5.91 Å². The number of carbonyl (C=O) groups is 2. The molecule has 5 nitrogen and oxygen atoms in total. The molecule has 1 fully saturated rings. The molecule has 0 aromatic heterocycles. The average molecular weight is 410 g/mol. The second-order valence-electron chi connectivity index (χ2n) is 7.27. The molecule has 158 valence electrons. The zero-order valence-electron chi connectivity index (χ0n) is 16.4. The summed E-state index contributed by atoms with van der Waals surface area (Å²) in [4.78, 5) is 23.8. The number of aryl methyl sites for hydroxylation is 1. The van der Waals surface area contributed by atoms with E-state index in [2.05, 4.69) is 19.9 Å². The molecule has 0 unspecified atom stereocenters. The molecular weight excluding hydrogens is 385 g/mol. The molecule has 3 rings (SSSR count). The van der Waals surface area contributed by atoms with Crippen LogP contribution in [0.4, 0.5) is 13.2 Å². The van der Waals surface area contributed by atoms with Gasteiger partial charge in [0.1, 0.15) is 0 Å². The van der Waals surface area contributed by atoms with Crippen molar-refractivity contribution >= 4 is 22.6 Å². The van der Waals surface area contributed by atoms with Crippen LogP contribution in [-0.4, -0.2) is 47.2 Å². The van der Waals surface area contributed by atoms with Gasteiger partial charge < -0.3 is 15.7 Å². The highest BCUT2D eigenvalue weighted by Gasteiger charge is 2.38. The maximum atomic E-state index is 12.9. The minimum Gasteiger partial charge on any atom is -0.475 e. The second kappa shape index (κ2) is 9.26. The number of benzene rings is 2. The Balaban J connectivity index is 0.000000370. The number of hydrogen-bond acceptors (Lipinski definition) is 3. The van der Waals surface area contributed by atoms with Gasteiger partial charge >= 0.3 is 12.1 Å². The molecule has 0 radical (unpaired) electrons. The Morgan fingerprint density at radius 1 is 1.10 bits per heavy atom. The van der Waals surface area contributed by atoms with E-state index < -0.39 is 12.1 Å². The number of amides is 1. The van der Waals surface area contributed by atoms with E-state index in [1.165, 1.54) is 10.9 Å². The number of nitrogens with two attached hydrogens (primary N) is 1. The van der Waals surface area contributed by atoms with Crippen molar-refractivity contribution in [1.29, 1.82) is 0 Å². The van der Waals surface area contributed by atoms with Crippen LogP contribution in [0.15, 0.2) is 36.4 Å². The summed E-state index contributed by atoms with van der Waals surface area (Å²) in [5.74, 6) is -2.06. The molecule has 0 aliphatic carbocycles. The van der Waals surface area contributed by atoms with Crippen LogP contribution in [0.2, 0.25) is 0 Å². The molecule has 1 heterocycles. The SMILES string of the molecule is Cc1ccc(C(=O)N2CCC([C@@H](C)N)CC2)c2ccccc12.O=C(O)C(F)(F)F. The Morgan fingerprint density at radius 2 is 1.62 bits per heavy atom. The Hall–Kier alpha value is -2.61. The fourth-order valence-corrected chi connectivity index (χ4v) is 3.43. The molecule has 3 N–H and O–H groups in total. The van der Waals surface area contributed by atoms with Gasteiger partial charge in [0.2, 0.25) is 0 Å². The summed E-state index contributed by atoms with van der Waals surface area (Å²) >= 11 is 0. The van der Waals surface area contributed by atoms with Gasteiger partial charge in [0.05, 0.1) is 0 Å². The number of alkyl halides is 3. The van der Waals surface area contributed by atoms with Crippen LogP contribution in [0.5, 0.6) is 0 Å². The van der Waals surface area contributed by atoms with Crippen LogP contribution < -0.4 is 5.73 Å². The zero-order valence-corrected chi connectivity index (χ0v) is 16.4. The summed E-state index contributed by atoms with van der Waals surface area (Å²) in [6, 6.07) is 12.4. The van der Waals surface area contributed by atoms with Gasteiger partial charge in [-0.2, -0.15) is 13.2 Å². The van der Waals surface area contributed by atoms with E-state index in [9.17, 15) is 18.0 Å². The molecule has 2 aromatic rings. The van der Waals surface area contributed by atoms with Gasteiger partial charge in [0, 0.05) is 24.7 Å². The average Bonchev–Trinajstić information content (AvgIpc) is 2.68. The Bertz CT molecular complexity index is 873. The molecule has 2 aromatic carbocycles. The first kappa shape index (κ1) is 22.7. The summed E-state index contributed by atoms with van der Waals surface area (Å²) in [7, 11) is 0. The maximum Gasteiger partial charge on any atom is 0.490 e. The molecule has 0 saturated carbocycles. The minimum atomic E-state index is -5.08. The van der Waals surface area contributed by atoms with Crippen molar-refractivity contribution in [2.45, 2.75) is 38.9 Å². The highest BCUT2D eigenvalue weighted by atomic mass is 19.4. The lowest BCUT2D eigenvalue weighted by Crippen LogP contribution is -2.42. The standard InChI is InChI=1S/C19H24N2O.C2HF3O2/c1-13-7-8-18(17-6-4-3-5-16(13)17)19(22)21-11-9-15(10-12-21)14(2)20;3-2(4,5)1(6)7/h3-8,14-15H,9-12,20H2,1-2H3;(H,6,7)/t14-;/m1./s1. The van der Waals surface area contributed by atoms with Gasteiger partial charge in [-0.15, -0.1) is 0 Å². The number of carbonyl (C=O) groups excluding carboxylic acids is 1. The molecule has 1 amide bonds. The molecule has 1 aliphatic rings. The van der Waals surface area contributed by atoms with E-state index in [1.54, 1.807) is 0 Å². The van der Waals surface area contributed by atoms with Gasteiger partial charge in [-0.25, -0.2) is 4.79 Å². The summed E-state index contributed by atoms with van der Waals surface area (Å²) in [6.07, 6.45) is -3.07. The lowest BCUT2D eigenvalue weighted by atomic mass is 9.90. The predicted molar refractivity (Wildman–Crippen MR) is 105 cm³/mol. The van der Waals surface area contributed by atoms with Crippen LogP contribution in [0.1, 0.15) is 35.7 Å². The highest BCUT2D eigenvalue weighted by molar-refractivity contribution is 6.07. The van der Waals surface area contributed by atoms with Gasteiger partial charge in [-0.3, -0.25) is 4.79 Å². The summed E-state index contributed by atoms with van der Waals surface area (Å²) < 4.78 is 31.7. The number of aliphatic carboxylic acids is 1. The number of halogens is 3. The molecule has 1 atom stereocenters. The number of nitrogens with zero attached hydrogens (tertiary/aromatic N) is 1. The van der Waals surface area contributed by atoms with Crippen molar-refractivity contribution in [1.82, 2.24) is 4.90 Å². The minimum absolute atomic E-state index is 0.152. The Kier molecular flexibility index (Phi) is 7.24. The van der Waals surface area contributed by atoms with E-state index in [1.807, 2.05) is 35.2 Å². The van der Waals surface area contributed by atoms with Crippen LogP contribution in [0, 0.1) is 12.8 Å². The Morgan fingerprint density at radius 3 is 2.10 bits per heavy atom. The van der Waals surface area contributed by atoms with E-state index in [-0.39, 0.29) is 11.9 Å². The van der Waals surface area contributed by atoms with Crippen molar-refractivity contribution in [3.05, 3.63) is 47.5 Å². The summed E-state index contributed by atoms with van der Waals surface area (Å²) in [5.41, 5.74) is 8.02. The number of piperidine rings is 1. The number of likely N-dealkylation sites (tertiary alicyclic amines) is 1. The van der Waals surface area contributed by atoms with Gasteiger partial charge in [-0.1, -0.05) is 30.3 Å². The lowest BCUT2D eigenvalue weighted by molar-refractivity contribution is -0.192. The molecule has 1 aliphatic heterocycles. The van der Waals surface area contributed by atoms with Crippen molar-refractivity contribution in [2.75, 3.05) is 13.1 Å². The van der Waals surface area contributed by atoms with Crippen molar-refractivity contribution < 1.29 is 27.9 Å². The molecular formula is C21H25F3N2O3. The third-order valence-corrected chi connectivity index (χ3v) is 5.19. The van der Waals surface area contributed by atoms with E-state index in [4.69, 9.17) is 15.6 Å². The van der Waals surface area contributed by atoms with Gasteiger partial charge in [-0.05, 0) is 55.0 Å². The number of hydrogen-bond donors (Lipinski definition) is 2. The fourth-order valence-electron chi connectivity index (χ4n) is 3.43. The maximum absolute atomic E-state index is 12.9. The predicted octanol–water partition coefficient (Wildman–Crippen LogP) is 3.98. The quantitative estimate of drug-likeness (QED) is 0.784. The van der Waals surface area contributed by atoms with Crippen LogP contribution >= 0.6 is 0 Å². The summed E-state index contributed by atoms with van der Waals surface area (Å²) in [6.45, 7) is 5.78. The van der Waals surface area contributed by atoms with E-state index in [0.29, 0.717) is 5.92 Å². The molecule has 1 saturated heterocycles. The van der Waals surface area contributed by atoms with Crippen molar-refractivity contribution in [3.8, 4) is 0 Å². The van der Waals surface area contributed by atoms with Crippen LogP contribution in [0.25, 0.3) is 10.8 Å². The first-order chi connectivity index (χ1) is 13.5. The van der Waals surface area contributed by atoms with Crippen LogP contribution in [0.3, 0.4) is 0 Å². The normalized spacial score (nSPS) is 16.1. The summed E-state index contributed by atoms with van der Waals surface area (Å²) in [5, 5.41) is 9.35. The number of rotatable bonds is 2. The highest BCUT2D eigenvalue weighted by Crippen LogP contribution is 2.26. The van der Waals surface area contributed by atoms with Crippen molar-refractivity contribution in [3.63, 3.8) is 0 Å². The first-order valence-electron chi connectivity index (χ1n) is 9.35.